The van der Waals surface area contributed by atoms with Crippen LogP contribution in [-0.2, 0) is 9.47 Å². The third-order valence-corrected chi connectivity index (χ3v) is 2.64. The number of amides is 2. The smallest absolute Gasteiger partial charge is 0.337 e. The van der Waals surface area contributed by atoms with Crippen molar-refractivity contribution in [1.82, 2.24) is 5.32 Å². The Morgan fingerprint density at radius 1 is 1.38 bits per heavy atom. The number of nitrogens with one attached hydrogen (secondary N) is 2. The number of rotatable bonds is 7. The summed E-state index contributed by atoms with van der Waals surface area (Å²) in [7, 11) is 2.97. The molecule has 1 atom stereocenters. The second-order valence-electron chi connectivity index (χ2n) is 4.14. The molecular weight excluding hydrogens is 283 g/mol. The van der Waals surface area contributed by atoms with Crippen LogP contribution in [0.15, 0.2) is 18.2 Å². The molecule has 0 aliphatic carbocycles. The van der Waals surface area contributed by atoms with E-state index in [1.165, 1.54) is 14.2 Å². The highest BCUT2D eigenvalue weighted by atomic mass is 19.1. The van der Waals surface area contributed by atoms with Gasteiger partial charge in [-0.2, -0.15) is 0 Å². The van der Waals surface area contributed by atoms with Gasteiger partial charge in [-0.05, 0) is 18.2 Å². The molecule has 1 aromatic rings. The van der Waals surface area contributed by atoms with Gasteiger partial charge in [-0.25, -0.2) is 14.0 Å². The van der Waals surface area contributed by atoms with Crippen molar-refractivity contribution in [2.45, 2.75) is 6.10 Å². The molecule has 8 heteroatoms. The quantitative estimate of drug-likeness (QED) is 0.705. The second kappa shape index (κ2) is 8.18. The molecule has 1 aromatic carbocycles. The lowest BCUT2D eigenvalue weighted by molar-refractivity contribution is 0.0307. The molecule has 0 fully saturated rings. The number of ether oxygens (including phenoxy) is 2. The molecule has 0 spiro atoms. The third kappa shape index (κ3) is 5.36. The standard InChI is InChI=1S/C13H17FN2O5/c1-20-7-9(21-2)6-15-13(19)16-11-5-8(14)3-4-10(11)12(17)18/h3-5,9H,6-7H2,1-2H3,(H,17,18)(H2,15,16,19). The molecule has 7 nitrogen and oxygen atoms in total. The molecule has 0 saturated heterocycles. The Bertz CT molecular complexity index is 509. The average molecular weight is 300 g/mol. The number of hydrogen-bond acceptors (Lipinski definition) is 4. The zero-order valence-electron chi connectivity index (χ0n) is 11.7. The minimum absolute atomic E-state index is 0.124. The second-order valence-corrected chi connectivity index (χ2v) is 4.14. The summed E-state index contributed by atoms with van der Waals surface area (Å²) in [6, 6.07) is 2.36. The SMILES string of the molecule is COCC(CNC(=O)Nc1cc(F)ccc1C(=O)O)OC. The Morgan fingerprint density at radius 2 is 2.10 bits per heavy atom. The summed E-state index contributed by atoms with van der Waals surface area (Å²) < 4.78 is 23.1. The first kappa shape index (κ1) is 16.9. The summed E-state index contributed by atoms with van der Waals surface area (Å²) >= 11 is 0. The fraction of sp³-hybridized carbons (Fsp3) is 0.385. The fourth-order valence-electron chi connectivity index (χ4n) is 1.58. The number of hydrogen-bond donors (Lipinski definition) is 3. The lowest BCUT2D eigenvalue weighted by atomic mass is 10.2. The Kier molecular flexibility index (Phi) is 6.57. The molecular formula is C13H17FN2O5. The van der Waals surface area contributed by atoms with E-state index in [1.54, 1.807) is 0 Å². The molecule has 0 aromatic heterocycles. The number of urea groups is 1. The molecule has 2 amide bonds. The average Bonchev–Trinajstić information content (AvgIpc) is 2.43. The molecule has 3 N–H and O–H groups in total. The molecule has 0 bridgehead atoms. The number of benzene rings is 1. The van der Waals surface area contributed by atoms with E-state index in [0.717, 1.165) is 18.2 Å². The van der Waals surface area contributed by atoms with E-state index < -0.39 is 17.8 Å². The van der Waals surface area contributed by atoms with Crippen molar-refractivity contribution in [3.05, 3.63) is 29.6 Å². The predicted molar refractivity (Wildman–Crippen MR) is 73.1 cm³/mol. The number of carbonyl (C=O) groups is 2. The van der Waals surface area contributed by atoms with Crippen molar-refractivity contribution < 1.29 is 28.6 Å². The first-order valence-electron chi connectivity index (χ1n) is 6.07. The van der Waals surface area contributed by atoms with Crippen molar-refractivity contribution in [2.75, 3.05) is 32.7 Å². The van der Waals surface area contributed by atoms with Crippen molar-refractivity contribution in [2.24, 2.45) is 0 Å². The van der Waals surface area contributed by atoms with Crippen LogP contribution in [0, 0.1) is 5.82 Å². The third-order valence-electron chi connectivity index (χ3n) is 2.64. The van der Waals surface area contributed by atoms with E-state index in [9.17, 15) is 14.0 Å². The minimum Gasteiger partial charge on any atom is -0.478 e. The maximum Gasteiger partial charge on any atom is 0.337 e. The summed E-state index contributed by atoms with van der Waals surface area (Å²) in [5.74, 6) is -1.91. The van der Waals surface area contributed by atoms with Gasteiger partial charge < -0.3 is 25.2 Å². The molecule has 0 radical (unpaired) electrons. The van der Waals surface area contributed by atoms with Crippen molar-refractivity contribution in [3.8, 4) is 0 Å². The van der Waals surface area contributed by atoms with Gasteiger partial charge in [-0.15, -0.1) is 0 Å². The summed E-state index contributed by atoms with van der Waals surface area (Å²) in [5, 5.41) is 13.7. The van der Waals surface area contributed by atoms with Gasteiger partial charge in [0.15, 0.2) is 0 Å². The van der Waals surface area contributed by atoms with Gasteiger partial charge in [0.1, 0.15) is 5.82 Å². The number of carboxylic acids is 1. The van der Waals surface area contributed by atoms with Crippen LogP contribution in [0.4, 0.5) is 14.9 Å². The van der Waals surface area contributed by atoms with Crippen LogP contribution in [0.2, 0.25) is 0 Å². The molecule has 0 aliphatic rings. The highest BCUT2D eigenvalue weighted by Crippen LogP contribution is 2.17. The van der Waals surface area contributed by atoms with Gasteiger partial charge in [-0.3, -0.25) is 0 Å². The van der Waals surface area contributed by atoms with Gasteiger partial charge in [0.25, 0.3) is 0 Å². The Balaban J connectivity index is 2.66. The van der Waals surface area contributed by atoms with Crippen LogP contribution in [0.5, 0.6) is 0 Å². The van der Waals surface area contributed by atoms with Crippen LogP contribution in [0.1, 0.15) is 10.4 Å². The normalized spacial score (nSPS) is 11.8. The van der Waals surface area contributed by atoms with Crippen LogP contribution < -0.4 is 10.6 Å². The maximum atomic E-state index is 13.1. The molecule has 1 unspecified atom stereocenters. The van der Waals surface area contributed by atoms with Crippen molar-refractivity contribution in [1.29, 1.82) is 0 Å². The highest BCUT2D eigenvalue weighted by Gasteiger charge is 2.14. The monoisotopic (exact) mass is 300 g/mol. The van der Waals surface area contributed by atoms with Crippen LogP contribution in [-0.4, -0.2) is 50.6 Å². The Labute approximate surface area is 121 Å². The maximum absolute atomic E-state index is 13.1. The molecule has 1 rings (SSSR count). The highest BCUT2D eigenvalue weighted by molar-refractivity contribution is 5.99. The van der Waals surface area contributed by atoms with E-state index in [2.05, 4.69) is 10.6 Å². The predicted octanol–water partition coefficient (Wildman–Crippen LogP) is 1.31. The first-order valence-corrected chi connectivity index (χ1v) is 6.07. The van der Waals surface area contributed by atoms with Crippen LogP contribution in [0.25, 0.3) is 0 Å². The van der Waals surface area contributed by atoms with Gasteiger partial charge in [0, 0.05) is 20.8 Å². The van der Waals surface area contributed by atoms with Gasteiger partial charge in [0.05, 0.1) is 24.0 Å². The summed E-state index contributed by atoms with van der Waals surface area (Å²) in [6.07, 6.45) is -0.341. The van der Waals surface area contributed by atoms with Gasteiger partial charge >= 0.3 is 12.0 Å². The Morgan fingerprint density at radius 3 is 2.67 bits per heavy atom. The minimum atomic E-state index is -1.26. The van der Waals surface area contributed by atoms with Crippen molar-refractivity contribution >= 4 is 17.7 Å². The van der Waals surface area contributed by atoms with Crippen LogP contribution in [0.3, 0.4) is 0 Å². The van der Waals surface area contributed by atoms with E-state index >= 15 is 0 Å². The first-order chi connectivity index (χ1) is 9.97. The zero-order chi connectivity index (χ0) is 15.8. The number of anilines is 1. The number of aromatic carboxylic acids is 1. The summed E-state index contributed by atoms with van der Waals surface area (Å²) in [6.45, 7) is 0.449. The van der Waals surface area contributed by atoms with E-state index in [1.807, 2.05) is 0 Å². The molecule has 21 heavy (non-hydrogen) atoms. The lowest BCUT2D eigenvalue weighted by Gasteiger charge is -2.16. The van der Waals surface area contributed by atoms with E-state index in [-0.39, 0.29) is 30.5 Å². The number of methoxy groups -OCH3 is 2. The van der Waals surface area contributed by atoms with E-state index in [0.29, 0.717) is 0 Å². The Hall–Kier alpha value is -2.19. The zero-order valence-corrected chi connectivity index (χ0v) is 11.7. The fourth-order valence-corrected chi connectivity index (χ4v) is 1.58. The van der Waals surface area contributed by atoms with E-state index in [4.69, 9.17) is 14.6 Å². The van der Waals surface area contributed by atoms with Gasteiger partial charge in [-0.1, -0.05) is 0 Å². The van der Waals surface area contributed by atoms with Crippen molar-refractivity contribution in [3.63, 3.8) is 0 Å². The molecule has 116 valence electrons. The topological polar surface area (TPSA) is 96.9 Å². The lowest BCUT2D eigenvalue weighted by Crippen LogP contribution is -2.38. The summed E-state index contributed by atoms with van der Waals surface area (Å²) in [5.41, 5.74) is -0.326. The van der Waals surface area contributed by atoms with Gasteiger partial charge in [0.2, 0.25) is 0 Å². The number of carboxylic acid groups (broad SMARTS) is 1. The number of carbonyl (C=O) groups excluding carboxylic acids is 1. The summed E-state index contributed by atoms with van der Waals surface area (Å²) in [4.78, 5) is 22.7. The largest absolute Gasteiger partial charge is 0.478 e. The molecule has 0 saturated carbocycles. The number of halogens is 1. The molecule has 0 heterocycles. The van der Waals surface area contributed by atoms with Crippen LogP contribution >= 0.6 is 0 Å². The molecule has 0 aliphatic heterocycles.